The van der Waals surface area contributed by atoms with Gasteiger partial charge in [-0.05, 0) is 31.0 Å². The Morgan fingerprint density at radius 3 is 2.61 bits per heavy atom. The maximum Gasteiger partial charge on any atom is 0.244 e. The fraction of sp³-hybridized carbons (Fsp3) is 0.417. The molecule has 2 rings (SSSR count). The van der Waals surface area contributed by atoms with Crippen LogP contribution in [0.3, 0.4) is 0 Å². The van der Waals surface area contributed by atoms with Crippen LogP contribution in [0.2, 0.25) is 0 Å². The lowest BCUT2D eigenvalue weighted by Gasteiger charge is -2.33. The highest BCUT2D eigenvalue weighted by molar-refractivity contribution is 7.89. The smallest absolute Gasteiger partial charge is 0.244 e. The minimum absolute atomic E-state index is 0.0357. The van der Waals surface area contributed by atoms with E-state index in [-0.39, 0.29) is 16.5 Å². The molecule has 0 heterocycles. The molecule has 1 aliphatic rings. The minimum Gasteiger partial charge on any atom is -0.399 e. The van der Waals surface area contributed by atoms with Crippen LogP contribution in [-0.4, -0.2) is 25.8 Å². The van der Waals surface area contributed by atoms with E-state index in [0.29, 0.717) is 5.69 Å². The van der Waals surface area contributed by atoms with Crippen molar-refractivity contribution in [2.24, 2.45) is 0 Å². The van der Waals surface area contributed by atoms with Gasteiger partial charge in [-0.2, -0.15) is 9.57 Å². The topological polar surface area (TPSA) is 87.2 Å². The van der Waals surface area contributed by atoms with Crippen LogP contribution in [0.1, 0.15) is 24.8 Å². The van der Waals surface area contributed by atoms with Crippen LogP contribution < -0.4 is 5.73 Å². The average Bonchev–Trinajstić information content (AvgIpc) is 2.26. The van der Waals surface area contributed by atoms with E-state index < -0.39 is 10.0 Å². The molecular formula is C12H15N3O2S. The Hall–Kier alpha value is -1.58. The molecule has 0 spiro atoms. The van der Waals surface area contributed by atoms with E-state index in [2.05, 4.69) is 0 Å². The molecule has 1 aliphatic carbocycles. The van der Waals surface area contributed by atoms with Gasteiger partial charge in [0.2, 0.25) is 10.0 Å². The first kappa shape index (κ1) is 12.9. The molecule has 0 amide bonds. The van der Waals surface area contributed by atoms with Crippen molar-refractivity contribution in [3.63, 3.8) is 0 Å². The Balaban J connectivity index is 2.44. The van der Waals surface area contributed by atoms with Crippen molar-refractivity contribution in [2.45, 2.75) is 30.2 Å². The lowest BCUT2D eigenvalue weighted by Crippen LogP contribution is -2.41. The van der Waals surface area contributed by atoms with Gasteiger partial charge in [0.05, 0.1) is 5.56 Å². The number of sulfonamides is 1. The molecule has 2 N–H and O–H groups in total. The van der Waals surface area contributed by atoms with Crippen molar-refractivity contribution in [1.82, 2.24) is 4.31 Å². The molecular weight excluding hydrogens is 250 g/mol. The van der Waals surface area contributed by atoms with Crippen LogP contribution in [0.4, 0.5) is 5.69 Å². The number of nitrogens with two attached hydrogens (primary N) is 1. The van der Waals surface area contributed by atoms with Crippen molar-refractivity contribution in [2.75, 3.05) is 12.8 Å². The highest BCUT2D eigenvalue weighted by atomic mass is 32.2. The van der Waals surface area contributed by atoms with Gasteiger partial charge >= 0.3 is 0 Å². The second kappa shape index (κ2) is 4.59. The van der Waals surface area contributed by atoms with Crippen LogP contribution in [0.5, 0.6) is 0 Å². The number of nitriles is 1. The van der Waals surface area contributed by atoms with E-state index >= 15 is 0 Å². The molecule has 0 atom stereocenters. The Bertz CT molecular complexity index is 600. The van der Waals surface area contributed by atoms with Gasteiger partial charge < -0.3 is 5.73 Å². The van der Waals surface area contributed by atoms with E-state index in [4.69, 9.17) is 11.0 Å². The largest absolute Gasteiger partial charge is 0.399 e. The first-order valence-corrected chi connectivity index (χ1v) is 7.18. The van der Waals surface area contributed by atoms with Crippen LogP contribution >= 0.6 is 0 Å². The predicted molar refractivity (Wildman–Crippen MR) is 68.2 cm³/mol. The van der Waals surface area contributed by atoms with Crippen LogP contribution in [0.25, 0.3) is 0 Å². The predicted octanol–water partition coefficient (Wildman–Crippen LogP) is 1.31. The van der Waals surface area contributed by atoms with E-state index in [1.165, 1.54) is 22.5 Å². The molecule has 1 aromatic rings. The lowest BCUT2D eigenvalue weighted by molar-refractivity contribution is 0.249. The standard InChI is InChI=1S/C12H15N3O2S/c1-15(11-3-2-4-11)18(16,17)12-6-5-10(14)7-9(12)8-13/h5-7,11H,2-4,14H2,1H3. The number of nitrogen functional groups attached to an aromatic ring is 1. The summed E-state index contributed by atoms with van der Waals surface area (Å²) in [5.41, 5.74) is 6.04. The first-order valence-electron chi connectivity index (χ1n) is 5.74. The minimum atomic E-state index is -3.60. The second-order valence-electron chi connectivity index (χ2n) is 4.47. The molecule has 1 saturated carbocycles. The summed E-state index contributed by atoms with van der Waals surface area (Å²) in [4.78, 5) is 0.0357. The maximum atomic E-state index is 12.4. The van der Waals surface area contributed by atoms with E-state index in [0.717, 1.165) is 19.3 Å². The van der Waals surface area contributed by atoms with Gasteiger partial charge in [0.15, 0.2) is 0 Å². The third-order valence-electron chi connectivity index (χ3n) is 3.37. The quantitative estimate of drug-likeness (QED) is 0.835. The first-order chi connectivity index (χ1) is 8.46. The molecule has 6 heteroatoms. The molecule has 0 radical (unpaired) electrons. The number of benzene rings is 1. The van der Waals surface area contributed by atoms with Crippen molar-refractivity contribution < 1.29 is 8.42 Å². The van der Waals surface area contributed by atoms with Gasteiger partial charge in [0.1, 0.15) is 11.0 Å². The molecule has 18 heavy (non-hydrogen) atoms. The Kier molecular flexibility index (Phi) is 3.28. The Labute approximate surface area is 107 Å². The van der Waals surface area contributed by atoms with Gasteiger partial charge in [-0.25, -0.2) is 8.42 Å². The van der Waals surface area contributed by atoms with Crippen LogP contribution in [0, 0.1) is 11.3 Å². The fourth-order valence-electron chi connectivity index (χ4n) is 1.96. The zero-order valence-electron chi connectivity index (χ0n) is 10.1. The number of rotatable bonds is 3. The number of hydrogen-bond donors (Lipinski definition) is 1. The molecule has 0 unspecified atom stereocenters. The number of anilines is 1. The summed E-state index contributed by atoms with van der Waals surface area (Å²) in [5.74, 6) is 0. The summed E-state index contributed by atoms with van der Waals surface area (Å²) < 4.78 is 26.1. The summed E-state index contributed by atoms with van der Waals surface area (Å²) in [6, 6.07) is 6.24. The average molecular weight is 265 g/mol. The van der Waals surface area contributed by atoms with Crippen molar-refractivity contribution in [3.8, 4) is 6.07 Å². The molecule has 0 aliphatic heterocycles. The number of nitrogens with zero attached hydrogens (tertiary/aromatic N) is 2. The van der Waals surface area contributed by atoms with Crippen LogP contribution in [0.15, 0.2) is 23.1 Å². The second-order valence-corrected chi connectivity index (χ2v) is 6.44. The van der Waals surface area contributed by atoms with Crippen molar-refractivity contribution in [3.05, 3.63) is 23.8 Å². The van der Waals surface area contributed by atoms with Gasteiger partial charge in [0.25, 0.3) is 0 Å². The van der Waals surface area contributed by atoms with Gasteiger partial charge in [-0.3, -0.25) is 0 Å². The van der Waals surface area contributed by atoms with Gasteiger partial charge in [-0.15, -0.1) is 0 Å². The zero-order valence-corrected chi connectivity index (χ0v) is 10.9. The fourth-order valence-corrected chi connectivity index (χ4v) is 3.50. The Morgan fingerprint density at radius 1 is 1.44 bits per heavy atom. The molecule has 0 aromatic heterocycles. The molecule has 5 nitrogen and oxygen atoms in total. The monoisotopic (exact) mass is 265 g/mol. The third kappa shape index (κ3) is 2.07. The Morgan fingerprint density at radius 2 is 2.11 bits per heavy atom. The summed E-state index contributed by atoms with van der Waals surface area (Å²) >= 11 is 0. The normalized spacial score (nSPS) is 16.3. The summed E-state index contributed by atoms with van der Waals surface area (Å²) in [7, 11) is -2.04. The van der Waals surface area contributed by atoms with E-state index in [1.54, 1.807) is 7.05 Å². The van der Waals surface area contributed by atoms with Crippen molar-refractivity contribution in [1.29, 1.82) is 5.26 Å². The third-order valence-corrected chi connectivity index (χ3v) is 5.34. The SMILES string of the molecule is CN(C1CCC1)S(=O)(=O)c1ccc(N)cc1C#N. The van der Waals surface area contributed by atoms with E-state index in [1.807, 2.05) is 6.07 Å². The van der Waals surface area contributed by atoms with Crippen LogP contribution in [-0.2, 0) is 10.0 Å². The highest BCUT2D eigenvalue weighted by Crippen LogP contribution is 2.30. The summed E-state index contributed by atoms with van der Waals surface area (Å²) in [6.45, 7) is 0. The van der Waals surface area contributed by atoms with Crippen molar-refractivity contribution >= 4 is 15.7 Å². The zero-order chi connectivity index (χ0) is 13.3. The lowest BCUT2D eigenvalue weighted by atomic mass is 9.94. The molecule has 1 aromatic carbocycles. The molecule has 0 saturated heterocycles. The number of hydrogen-bond acceptors (Lipinski definition) is 4. The molecule has 96 valence electrons. The summed E-state index contributed by atoms with van der Waals surface area (Å²) in [5, 5.41) is 9.01. The molecule has 0 bridgehead atoms. The van der Waals surface area contributed by atoms with E-state index in [9.17, 15) is 8.42 Å². The highest BCUT2D eigenvalue weighted by Gasteiger charge is 2.33. The van der Waals surface area contributed by atoms with Gasteiger partial charge in [-0.1, -0.05) is 6.42 Å². The van der Waals surface area contributed by atoms with Gasteiger partial charge in [0, 0.05) is 18.8 Å². The maximum absolute atomic E-state index is 12.4. The summed E-state index contributed by atoms with van der Waals surface area (Å²) in [6.07, 6.45) is 2.82. The molecule has 1 fully saturated rings.